The molecular formula is C16H28N2O5. The Morgan fingerprint density at radius 1 is 1.48 bits per heavy atom. The molecule has 0 amide bonds. The first kappa shape index (κ1) is 19.6. The summed E-state index contributed by atoms with van der Waals surface area (Å²) in [4.78, 5) is 34.8. The van der Waals surface area contributed by atoms with Gasteiger partial charge in [-0.2, -0.15) is 0 Å². The van der Waals surface area contributed by atoms with Crippen LogP contribution in [0.4, 0.5) is 0 Å². The number of carbonyl (C=O) groups excluding carboxylic acids is 3. The fourth-order valence-corrected chi connectivity index (χ4v) is 4.26. The molecule has 1 heterocycles. The molecule has 0 spiro atoms. The van der Waals surface area contributed by atoms with E-state index < -0.39 is 40.9 Å². The zero-order chi connectivity index (χ0) is 16.7. The highest BCUT2D eigenvalue weighted by molar-refractivity contribution is 5.79. The Hall–Kier alpha value is -1.47. The summed E-state index contributed by atoms with van der Waals surface area (Å²) in [6.07, 6.45) is 1.02. The lowest BCUT2D eigenvalue weighted by Crippen LogP contribution is -2.70. The Labute approximate surface area is 137 Å². The molecule has 0 aromatic heterocycles. The van der Waals surface area contributed by atoms with E-state index in [-0.39, 0.29) is 20.0 Å². The molecule has 1 saturated heterocycles. The minimum absolute atomic E-state index is 0. The maximum absolute atomic E-state index is 12.0. The molecule has 2 fully saturated rings. The minimum Gasteiger partial charge on any atom is -0.466 e. The quantitative estimate of drug-likeness (QED) is 0.565. The van der Waals surface area contributed by atoms with Crippen LogP contribution in [0.5, 0.6) is 0 Å². The topological polar surface area (TPSA) is 122 Å². The molecule has 4 N–H and O–H groups in total. The molecule has 1 saturated carbocycles. The standard InChI is InChI=1S/C15H24N2O5.CH4/c1-8-12-10(13(20)22-8)6-14(3,16)11(15(12,17)7-18)4-5-21-9(2)19;/h7-8,10-12H,4-6,16-17H2,1-3H3;1H4. The monoisotopic (exact) mass is 328 g/mol. The van der Waals surface area contributed by atoms with Crippen LogP contribution in [0.15, 0.2) is 0 Å². The van der Waals surface area contributed by atoms with Crippen molar-refractivity contribution < 1.29 is 23.9 Å². The second-order valence-electron chi connectivity index (χ2n) is 6.78. The summed E-state index contributed by atoms with van der Waals surface area (Å²) >= 11 is 0. The third-order valence-electron chi connectivity index (χ3n) is 5.10. The van der Waals surface area contributed by atoms with Crippen LogP contribution >= 0.6 is 0 Å². The summed E-state index contributed by atoms with van der Waals surface area (Å²) in [7, 11) is 0. The molecular weight excluding hydrogens is 300 g/mol. The van der Waals surface area contributed by atoms with Crippen molar-refractivity contribution in [2.45, 2.75) is 58.2 Å². The third kappa shape index (κ3) is 3.26. The zero-order valence-electron chi connectivity index (χ0n) is 13.2. The van der Waals surface area contributed by atoms with Crippen LogP contribution in [0.1, 0.15) is 41.0 Å². The van der Waals surface area contributed by atoms with Crippen molar-refractivity contribution in [2.24, 2.45) is 29.2 Å². The molecule has 0 aromatic carbocycles. The number of aldehydes is 1. The summed E-state index contributed by atoms with van der Waals surface area (Å²) in [5.41, 5.74) is 10.7. The highest BCUT2D eigenvalue weighted by atomic mass is 16.6. The number of fused-ring (bicyclic) bond motifs is 1. The van der Waals surface area contributed by atoms with Gasteiger partial charge in [-0.3, -0.25) is 9.59 Å². The second-order valence-corrected chi connectivity index (χ2v) is 6.78. The molecule has 0 radical (unpaired) electrons. The SMILES string of the molecule is C.CC(=O)OCCC1C(C)(N)CC2C(=O)OC(C)C2C1(N)C=O. The highest BCUT2D eigenvalue weighted by Gasteiger charge is 2.63. The Morgan fingerprint density at radius 3 is 2.61 bits per heavy atom. The van der Waals surface area contributed by atoms with Crippen LogP contribution in [0.2, 0.25) is 0 Å². The fourth-order valence-electron chi connectivity index (χ4n) is 4.26. The molecule has 2 aliphatic rings. The Balaban J connectivity index is 0.00000264. The van der Waals surface area contributed by atoms with E-state index in [2.05, 4.69) is 0 Å². The van der Waals surface area contributed by atoms with Crippen LogP contribution in [0.3, 0.4) is 0 Å². The van der Waals surface area contributed by atoms with Crippen LogP contribution in [0, 0.1) is 17.8 Å². The first-order valence-electron chi connectivity index (χ1n) is 7.51. The molecule has 6 unspecified atom stereocenters. The number of carbonyl (C=O) groups is 3. The summed E-state index contributed by atoms with van der Waals surface area (Å²) in [6, 6.07) is 0. The molecule has 6 atom stereocenters. The normalized spacial score (nSPS) is 42.2. The van der Waals surface area contributed by atoms with E-state index in [4.69, 9.17) is 20.9 Å². The van der Waals surface area contributed by atoms with Crippen molar-refractivity contribution in [2.75, 3.05) is 6.61 Å². The van der Waals surface area contributed by atoms with Crippen molar-refractivity contribution >= 4 is 18.2 Å². The zero-order valence-corrected chi connectivity index (χ0v) is 13.2. The molecule has 7 nitrogen and oxygen atoms in total. The minimum atomic E-state index is -1.28. The van der Waals surface area contributed by atoms with Gasteiger partial charge in [-0.1, -0.05) is 7.43 Å². The number of rotatable bonds is 4. The molecule has 7 heteroatoms. The largest absolute Gasteiger partial charge is 0.466 e. The van der Waals surface area contributed by atoms with Crippen LogP contribution < -0.4 is 11.5 Å². The molecule has 132 valence electrons. The van der Waals surface area contributed by atoms with Gasteiger partial charge in [0.05, 0.1) is 18.1 Å². The molecule has 0 aromatic rings. The van der Waals surface area contributed by atoms with Crippen molar-refractivity contribution in [3.8, 4) is 0 Å². The first-order valence-corrected chi connectivity index (χ1v) is 7.51. The summed E-state index contributed by atoms with van der Waals surface area (Å²) in [5, 5.41) is 0. The third-order valence-corrected chi connectivity index (χ3v) is 5.10. The van der Waals surface area contributed by atoms with Gasteiger partial charge in [0.15, 0.2) is 0 Å². The number of ether oxygens (including phenoxy) is 2. The van der Waals surface area contributed by atoms with Crippen molar-refractivity contribution in [3.63, 3.8) is 0 Å². The van der Waals surface area contributed by atoms with Crippen LogP contribution in [0.25, 0.3) is 0 Å². The lowest BCUT2D eigenvalue weighted by molar-refractivity contribution is -0.144. The van der Waals surface area contributed by atoms with E-state index in [1.54, 1.807) is 13.8 Å². The fraction of sp³-hybridized carbons (Fsp3) is 0.812. The Bertz CT molecular complexity index is 493. The van der Waals surface area contributed by atoms with Crippen LogP contribution in [-0.4, -0.2) is 42.0 Å². The highest BCUT2D eigenvalue weighted by Crippen LogP contribution is 2.50. The Kier molecular flexibility index (Phi) is 5.59. The summed E-state index contributed by atoms with van der Waals surface area (Å²) in [6.45, 7) is 4.98. The van der Waals surface area contributed by atoms with Gasteiger partial charge in [-0.05, 0) is 26.7 Å². The lowest BCUT2D eigenvalue weighted by atomic mass is 9.54. The number of hydrogen-bond acceptors (Lipinski definition) is 7. The average molecular weight is 328 g/mol. The van der Waals surface area contributed by atoms with E-state index in [1.807, 2.05) is 0 Å². The van der Waals surface area contributed by atoms with Gasteiger partial charge in [0.2, 0.25) is 0 Å². The van der Waals surface area contributed by atoms with Gasteiger partial charge in [0, 0.05) is 24.3 Å². The average Bonchev–Trinajstić information content (AvgIpc) is 2.67. The predicted octanol–water partition coefficient (Wildman–Crippen LogP) is 0.387. The summed E-state index contributed by atoms with van der Waals surface area (Å²) in [5.74, 6) is -2.02. The lowest BCUT2D eigenvalue weighted by Gasteiger charge is -2.52. The van der Waals surface area contributed by atoms with E-state index in [1.165, 1.54) is 6.92 Å². The number of esters is 2. The van der Waals surface area contributed by atoms with Gasteiger partial charge < -0.3 is 25.7 Å². The molecule has 0 bridgehead atoms. The van der Waals surface area contributed by atoms with E-state index in [0.29, 0.717) is 19.1 Å². The van der Waals surface area contributed by atoms with Crippen molar-refractivity contribution in [1.82, 2.24) is 0 Å². The maximum Gasteiger partial charge on any atom is 0.309 e. The van der Waals surface area contributed by atoms with Gasteiger partial charge in [-0.25, -0.2) is 0 Å². The van der Waals surface area contributed by atoms with Gasteiger partial charge in [0.1, 0.15) is 12.4 Å². The molecule has 23 heavy (non-hydrogen) atoms. The summed E-state index contributed by atoms with van der Waals surface area (Å²) < 4.78 is 10.2. The van der Waals surface area contributed by atoms with E-state index >= 15 is 0 Å². The van der Waals surface area contributed by atoms with Crippen molar-refractivity contribution in [3.05, 3.63) is 0 Å². The van der Waals surface area contributed by atoms with Crippen LogP contribution in [-0.2, 0) is 23.9 Å². The molecule has 1 aliphatic heterocycles. The maximum atomic E-state index is 12.0. The second kappa shape index (κ2) is 6.57. The van der Waals surface area contributed by atoms with Crippen molar-refractivity contribution in [1.29, 1.82) is 0 Å². The Morgan fingerprint density at radius 2 is 2.09 bits per heavy atom. The predicted molar refractivity (Wildman–Crippen MR) is 84.2 cm³/mol. The van der Waals surface area contributed by atoms with Gasteiger partial charge in [-0.15, -0.1) is 0 Å². The van der Waals surface area contributed by atoms with E-state index in [9.17, 15) is 14.4 Å². The van der Waals surface area contributed by atoms with Gasteiger partial charge >= 0.3 is 11.9 Å². The van der Waals surface area contributed by atoms with E-state index in [0.717, 1.165) is 0 Å². The molecule has 1 aliphatic carbocycles. The number of hydrogen-bond donors (Lipinski definition) is 2. The number of nitrogens with two attached hydrogens (primary N) is 2. The smallest absolute Gasteiger partial charge is 0.309 e. The van der Waals surface area contributed by atoms with Gasteiger partial charge in [0.25, 0.3) is 0 Å². The first-order chi connectivity index (χ1) is 10.1. The molecule has 2 rings (SSSR count). The number of cyclic esters (lactones) is 1.